The van der Waals surface area contributed by atoms with Gasteiger partial charge in [-0.05, 0) is 36.4 Å². The van der Waals surface area contributed by atoms with E-state index in [0.29, 0.717) is 6.07 Å². The number of methoxy groups -OCH3 is 1. The van der Waals surface area contributed by atoms with Gasteiger partial charge in [0.25, 0.3) is 31.6 Å². The Morgan fingerprint density at radius 2 is 1.49 bits per heavy atom. The number of nitrogens with zero attached hydrogens (tertiary/aromatic N) is 5. The monoisotopic (exact) mass is 580 g/mol. The van der Waals surface area contributed by atoms with Gasteiger partial charge in [0.1, 0.15) is 10.6 Å². The highest BCUT2D eigenvalue weighted by molar-refractivity contribution is 7.86. The number of ether oxygens (including phenoxy) is 1. The number of rotatable bonds is 9. The summed E-state index contributed by atoms with van der Waals surface area (Å²) in [5.74, 6) is -0.657. The molecule has 19 heteroatoms. The van der Waals surface area contributed by atoms with E-state index in [1.807, 2.05) is 0 Å². The molecule has 3 N–H and O–H groups in total. The smallest absolute Gasteiger partial charge is 0.295 e. The Bertz CT molecular complexity index is 1720. The van der Waals surface area contributed by atoms with E-state index in [4.69, 9.17) is 4.74 Å². The predicted molar refractivity (Wildman–Crippen MR) is 133 cm³/mol. The molecule has 0 fully saturated rings. The van der Waals surface area contributed by atoms with E-state index < -0.39 is 51.3 Å². The zero-order valence-corrected chi connectivity index (χ0v) is 21.0. The second-order valence-electron chi connectivity index (χ2n) is 7.27. The highest BCUT2D eigenvalue weighted by Gasteiger charge is 2.24. The fourth-order valence-corrected chi connectivity index (χ4v) is 4.23. The fraction of sp³-hybridized carbons (Fsp3) is 0.0500. The largest absolute Gasteiger partial charge is 0.494 e. The van der Waals surface area contributed by atoms with Gasteiger partial charge >= 0.3 is 0 Å². The minimum absolute atomic E-state index is 0.0610. The highest BCUT2D eigenvalue weighted by Crippen LogP contribution is 2.32. The molecule has 0 heterocycles. The van der Waals surface area contributed by atoms with Gasteiger partial charge in [0.2, 0.25) is 5.84 Å². The molecule has 39 heavy (non-hydrogen) atoms. The number of hydrogen-bond acceptors (Lipinski definition) is 12. The molecule has 0 aliphatic carbocycles. The molecule has 0 amide bonds. The summed E-state index contributed by atoms with van der Waals surface area (Å²) in [5, 5.41) is 33.5. The van der Waals surface area contributed by atoms with Gasteiger partial charge in [-0.15, -0.1) is 10.2 Å². The summed E-state index contributed by atoms with van der Waals surface area (Å²) in [6.45, 7) is 0. The molecule has 0 radical (unpaired) electrons. The van der Waals surface area contributed by atoms with Crippen molar-refractivity contribution in [2.75, 3.05) is 12.5 Å². The Morgan fingerprint density at radius 3 is 2.03 bits per heavy atom. The van der Waals surface area contributed by atoms with Crippen LogP contribution in [-0.4, -0.2) is 48.7 Å². The molecule has 0 saturated carbocycles. The number of nitro benzene ring substituents is 2. The first kappa shape index (κ1) is 28.7. The standard InChI is InChI=1S/C20H16N6O11S2/c1-37-18-10-14(26(29)30)6-9-17(18)22-24-20(23-21-12-2-4-13(5-3-12)25(27)28)16-8-7-15(38(31,32)33)11-19(16)39(34,35)36/h2-11,21H,1H3,(H,31,32,33)(H,34,35,36). The van der Waals surface area contributed by atoms with Crippen molar-refractivity contribution in [3.8, 4) is 5.75 Å². The maximum atomic E-state index is 12.1. The van der Waals surface area contributed by atoms with Crippen LogP contribution in [0, 0.1) is 20.2 Å². The number of azo groups is 1. The average Bonchev–Trinajstić information content (AvgIpc) is 2.87. The number of amidine groups is 1. The van der Waals surface area contributed by atoms with Gasteiger partial charge in [-0.2, -0.15) is 21.9 Å². The average molecular weight is 581 g/mol. The first-order valence-electron chi connectivity index (χ1n) is 10.1. The molecule has 0 bridgehead atoms. The minimum Gasteiger partial charge on any atom is -0.494 e. The van der Waals surface area contributed by atoms with Crippen molar-refractivity contribution in [3.63, 3.8) is 0 Å². The normalized spacial score (nSPS) is 12.3. The van der Waals surface area contributed by atoms with Gasteiger partial charge in [-0.25, -0.2) is 0 Å². The lowest BCUT2D eigenvalue weighted by Gasteiger charge is -2.09. The van der Waals surface area contributed by atoms with Crippen molar-refractivity contribution in [3.05, 3.63) is 86.5 Å². The lowest BCUT2D eigenvalue weighted by molar-refractivity contribution is -0.385. The van der Waals surface area contributed by atoms with Crippen molar-refractivity contribution in [1.29, 1.82) is 0 Å². The fourth-order valence-electron chi connectivity index (χ4n) is 2.94. The van der Waals surface area contributed by atoms with E-state index in [-0.39, 0.29) is 28.5 Å². The van der Waals surface area contributed by atoms with Crippen LogP contribution in [0.2, 0.25) is 0 Å². The second-order valence-corrected chi connectivity index (χ2v) is 10.1. The number of nitrogens with one attached hydrogen (secondary N) is 1. The first-order valence-corrected chi connectivity index (χ1v) is 13.0. The predicted octanol–water partition coefficient (Wildman–Crippen LogP) is 3.56. The third kappa shape index (κ3) is 7.13. The van der Waals surface area contributed by atoms with Crippen molar-refractivity contribution in [1.82, 2.24) is 0 Å². The molecular formula is C20H16N6O11S2. The zero-order chi connectivity index (χ0) is 29.0. The summed E-state index contributed by atoms with van der Waals surface area (Å²) in [6, 6.07) is 10.3. The van der Waals surface area contributed by atoms with Crippen molar-refractivity contribution >= 4 is 48.8 Å². The van der Waals surface area contributed by atoms with Crippen molar-refractivity contribution in [2.24, 2.45) is 15.3 Å². The van der Waals surface area contributed by atoms with Crippen LogP contribution in [0.15, 0.2) is 85.8 Å². The van der Waals surface area contributed by atoms with Gasteiger partial charge < -0.3 is 4.74 Å². The molecule has 204 valence electrons. The second kappa shape index (κ2) is 11.3. The van der Waals surface area contributed by atoms with Crippen LogP contribution in [0.4, 0.5) is 22.7 Å². The van der Waals surface area contributed by atoms with E-state index >= 15 is 0 Å². The van der Waals surface area contributed by atoms with Crippen LogP contribution >= 0.6 is 0 Å². The van der Waals surface area contributed by atoms with Crippen LogP contribution in [0.3, 0.4) is 0 Å². The molecule has 0 atom stereocenters. The summed E-state index contributed by atoms with van der Waals surface area (Å²) in [5.41, 5.74) is 1.54. The maximum Gasteiger partial charge on any atom is 0.295 e. The number of nitro groups is 2. The first-order chi connectivity index (χ1) is 18.2. The highest BCUT2D eigenvalue weighted by atomic mass is 32.2. The van der Waals surface area contributed by atoms with Gasteiger partial charge in [0, 0.05) is 23.8 Å². The Labute approximate surface area is 219 Å². The van der Waals surface area contributed by atoms with Gasteiger partial charge in [0.05, 0.1) is 33.6 Å². The molecular weight excluding hydrogens is 564 g/mol. The Morgan fingerprint density at radius 1 is 0.872 bits per heavy atom. The van der Waals surface area contributed by atoms with Crippen LogP contribution < -0.4 is 10.2 Å². The lowest BCUT2D eigenvalue weighted by atomic mass is 10.2. The quantitative estimate of drug-likeness (QED) is 0.0820. The SMILES string of the molecule is COc1cc([N+](=O)[O-])ccc1N=NC(=NNc1ccc([N+](=O)[O-])cc1)c1ccc(S(=O)(=O)O)cc1S(=O)(=O)O. The van der Waals surface area contributed by atoms with E-state index in [2.05, 4.69) is 20.8 Å². The molecule has 3 rings (SSSR count). The van der Waals surface area contributed by atoms with Crippen molar-refractivity contribution < 1.29 is 40.5 Å². The molecule has 0 aliphatic heterocycles. The molecule has 3 aromatic rings. The number of benzene rings is 3. The molecule has 0 spiro atoms. The van der Waals surface area contributed by atoms with Gasteiger partial charge in [0.15, 0.2) is 5.75 Å². The molecule has 0 aliphatic rings. The van der Waals surface area contributed by atoms with E-state index in [1.54, 1.807) is 0 Å². The Kier molecular flexibility index (Phi) is 8.30. The van der Waals surface area contributed by atoms with Crippen LogP contribution in [0.1, 0.15) is 5.56 Å². The molecule has 17 nitrogen and oxygen atoms in total. The van der Waals surface area contributed by atoms with E-state index in [1.165, 1.54) is 25.3 Å². The summed E-state index contributed by atoms with van der Waals surface area (Å²) in [7, 11) is -8.81. The lowest BCUT2D eigenvalue weighted by Crippen LogP contribution is -2.11. The number of anilines is 1. The molecule has 0 aromatic heterocycles. The molecule has 3 aromatic carbocycles. The number of non-ortho nitro benzene ring substituents is 2. The van der Waals surface area contributed by atoms with Crippen LogP contribution in [0.25, 0.3) is 0 Å². The topological polar surface area (TPSA) is 253 Å². The van der Waals surface area contributed by atoms with Gasteiger partial charge in [-0.3, -0.25) is 34.8 Å². The molecule has 0 unspecified atom stereocenters. The van der Waals surface area contributed by atoms with E-state index in [0.717, 1.165) is 36.4 Å². The summed E-state index contributed by atoms with van der Waals surface area (Å²) in [6.07, 6.45) is 0. The number of hydrogen-bond donors (Lipinski definition) is 3. The van der Waals surface area contributed by atoms with Crippen molar-refractivity contribution in [2.45, 2.75) is 9.79 Å². The number of hydrazone groups is 1. The maximum absolute atomic E-state index is 12.1. The Balaban J connectivity index is 2.17. The zero-order valence-electron chi connectivity index (χ0n) is 19.4. The summed E-state index contributed by atoms with van der Waals surface area (Å²) < 4.78 is 71.3. The van der Waals surface area contributed by atoms with Crippen LogP contribution in [-0.2, 0) is 20.2 Å². The van der Waals surface area contributed by atoms with Crippen LogP contribution in [0.5, 0.6) is 5.75 Å². The Hall–Kier alpha value is -4.85. The third-order valence-corrected chi connectivity index (χ3v) is 6.51. The minimum atomic E-state index is -5.13. The summed E-state index contributed by atoms with van der Waals surface area (Å²) >= 11 is 0. The van der Waals surface area contributed by atoms with E-state index in [9.17, 15) is 46.2 Å². The van der Waals surface area contributed by atoms with Gasteiger partial charge in [-0.1, -0.05) is 0 Å². The molecule has 0 saturated heterocycles. The summed E-state index contributed by atoms with van der Waals surface area (Å²) in [4.78, 5) is 18.7. The third-order valence-electron chi connectivity index (χ3n) is 4.77.